The van der Waals surface area contributed by atoms with E-state index in [0.29, 0.717) is 29.8 Å². The number of nitrogens with one attached hydrogen (secondary N) is 1. The van der Waals surface area contributed by atoms with E-state index in [1.54, 1.807) is 23.9 Å². The van der Waals surface area contributed by atoms with Crippen LogP contribution in [0.25, 0.3) is 5.69 Å². The molecule has 2 saturated carbocycles. The van der Waals surface area contributed by atoms with Gasteiger partial charge >= 0.3 is 5.97 Å². The van der Waals surface area contributed by atoms with E-state index in [9.17, 15) is 9.59 Å². The highest BCUT2D eigenvalue weighted by molar-refractivity contribution is 5.94. The minimum Gasteiger partial charge on any atom is -0.461 e. The molecule has 2 unspecified atom stereocenters. The third-order valence-corrected chi connectivity index (χ3v) is 6.27. The molecule has 7 heteroatoms. The lowest BCUT2D eigenvalue weighted by Gasteiger charge is -2.43. The SMILES string of the molecule is CCOC(=O)c1ccn(-c2ccccc2NC(=O)C2CC3CCCC(C2)C3N)n1. The molecule has 29 heavy (non-hydrogen) atoms. The van der Waals surface area contributed by atoms with Gasteiger partial charge in [-0.15, -0.1) is 0 Å². The number of hydrogen-bond acceptors (Lipinski definition) is 5. The first-order valence-electron chi connectivity index (χ1n) is 10.5. The van der Waals surface area contributed by atoms with E-state index in [0.717, 1.165) is 25.7 Å². The Balaban J connectivity index is 1.50. The van der Waals surface area contributed by atoms with Crippen molar-refractivity contribution < 1.29 is 14.3 Å². The molecule has 2 bridgehead atoms. The molecule has 1 amide bonds. The van der Waals surface area contributed by atoms with Crippen molar-refractivity contribution >= 4 is 17.6 Å². The van der Waals surface area contributed by atoms with E-state index < -0.39 is 5.97 Å². The maximum absolute atomic E-state index is 13.0. The Bertz CT molecular complexity index is 880. The summed E-state index contributed by atoms with van der Waals surface area (Å²) in [5, 5.41) is 7.40. The Kier molecular flexibility index (Phi) is 5.67. The van der Waals surface area contributed by atoms with E-state index in [2.05, 4.69) is 10.4 Å². The summed E-state index contributed by atoms with van der Waals surface area (Å²) in [5.41, 5.74) is 7.99. The van der Waals surface area contributed by atoms with Gasteiger partial charge in [0.15, 0.2) is 5.69 Å². The minimum absolute atomic E-state index is 0.00845. The van der Waals surface area contributed by atoms with Gasteiger partial charge in [-0.05, 0) is 62.6 Å². The van der Waals surface area contributed by atoms with Crippen LogP contribution in [0.5, 0.6) is 0 Å². The number of fused-ring (bicyclic) bond motifs is 2. The lowest BCUT2D eigenvalue weighted by atomic mass is 9.65. The smallest absolute Gasteiger partial charge is 0.358 e. The minimum atomic E-state index is -0.460. The van der Waals surface area contributed by atoms with Gasteiger partial charge in [-0.3, -0.25) is 4.79 Å². The summed E-state index contributed by atoms with van der Waals surface area (Å²) in [7, 11) is 0. The third kappa shape index (κ3) is 4.05. The lowest BCUT2D eigenvalue weighted by Crippen LogP contribution is -2.48. The van der Waals surface area contributed by atoms with E-state index in [1.165, 1.54) is 6.42 Å². The number of carbonyl (C=O) groups is 2. The predicted molar refractivity (Wildman–Crippen MR) is 110 cm³/mol. The quantitative estimate of drug-likeness (QED) is 0.757. The van der Waals surface area contributed by atoms with Crippen molar-refractivity contribution in [3.63, 3.8) is 0 Å². The van der Waals surface area contributed by atoms with Gasteiger partial charge in [0.25, 0.3) is 0 Å². The predicted octanol–water partition coefficient (Wildman–Crippen LogP) is 3.14. The fourth-order valence-corrected chi connectivity index (χ4v) is 4.79. The van der Waals surface area contributed by atoms with Crippen molar-refractivity contribution in [3.8, 4) is 5.69 Å². The zero-order valence-corrected chi connectivity index (χ0v) is 16.7. The molecule has 2 fully saturated rings. The van der Waals surface area contributed by atoms with Crippen molar-refractivity contribution in [1.82, 2.24) is 9.78 Å². The number of carbonyl (C=O) groups excluding carboxylic acids is 2. The van der Waals surface area contributed by atoms with Crippen molar-refractivity contribution in [1.29, 1.82) is 0 Å². The lowest BCUT2D eigenvalue weighted by molar-refractivity contribution is -0.122. The summed E-state index contributed by atoms with van der Waals surface area (Å²) in [5.74, 6) is 0.473. The number of aromatic nitrogens is 2. The molecule has 0 radical (unpaired) electrons. The van der Waals surface area contributed by atoms with Crippen molar-refractivity contribution in [2.75, 3.05) is 11.9 Å². The monoisotopic (exact) mass is 396 g/mol. The van der Waals surface area contributed by atoms with Gasteiger partial charge in [0, 0.05) is 18.2 Å². The molecular weight excluding hydrogens is 368 g/mol. The van der Waals surface area contributed by atoms with Crippen LogP contribution in [0, 0.1) is 17.8 Å². The molecule has 3 N–H and O–H groups in total. The summed E-state index contributed by atoms with van der Waals surface area (Å²) >= 11 is 0. The zero-order chi connectivity index (χ0) is 20.4. The number of esters is 1. The summed E-state index contributed by atoms with van der Waals surface area (Å²) in [6, 6.07) is 9.32. The van der Waals surface area contributed by atoms with Crippen LogP contribution in [0.1, 0.15) is 49.5 Å². The normalized spacial score (nSPS) is 26.0. The maximum Gasteiger partial charge on any atom is 0.358 e. The van der Waals surface area contributed by atoms with E-state index in [1.807, 2.05) is 24.3 Å². The Hall–Kier alpha value is -2.67. The average Bonchev–Trinajstić information content (AvgIpc) is 3.18. The first-order valence-corrected chi connectivity index (χ1v) is 10.5. The summed E-state index contributed by atoms with van der Waals surface area (Å²) < 4.78 is 6.59. The van der Waals surface area contributed by atoms with Crippen molar-refractivity contribution in [3.05, 3.63) is 42.2 Å². The van der Waals surface area contributed by atoms with Gasteiger partial charge in [-0.25, -0.2) is 9.48 Å². The van der Waals surface area contributed by atoms with E-state index in [4.69, 9.17) is 10.5 Å². The fourth-order valence-electron chi connectivity index (χ4n) is 4.79. The molecule has 2 aromatic rings. The maximum atomic E-state index is 13.0. The Morgan fingerprint density at radius 3 is 2.66 bits per heavy atom. The van der Waals surface area contributed by atoms with Crippen LogP contribution in [-0.4, -0.2) is 34.3 Å². The number of hydrogen-bond donors (Lipinski definition) is 2. The highest BCUT2D eigenvalue weighted by Crippen LogP contribution is 2.42. The van der Waals surface area contributed by atoms with Gasteiger partial charge < -0.3 is 15.8 Å². The van der Waals surface area contributed by atoms with Gasteiger partial charge in [-0.1, -0.05) is 18.6 Å². The number of anilines is 1. The van der Waals surface area contributed by atoms with Crippen molar-refractivity contribution in [2.24, 2.45) is 23.5 Å². The van der Waals surface area contributed by atoms with Crippen LogP contribution < -0.4 is 11.1 Å². The summed E-state index contributed by atoms with van der Waals surface area (Å²) in [6.45, 7) is 2.05. The number of benzene rings is 1. The topological polar surface area (TPSA) is 99.2 Å². The molecule has 1 heterocycles. The average molecular weight is 396 g/mol. The molecule has 154 valence electrons. The first kappa shape index (κ1) is 19.6. The molecule has 4 rings (SSSR count). The molecule has 2 aliphatic carbocycles. The number of nitrogens with zero attached hydrogens (tertiary/aromatic N) is 2. The highest BCUT2D eigenvalue weighted by atomic mass is 16.5. The molecule has 2 aliphatic rings. The fraction of sp³-hybridized carbons (Fsp3) is 0.500. The van der Waals surface area contributed by atoms with Crippen LogP contribution in [0.4, 0.5) is 5.69 Å². The van der Waals surface area contributed by atoms with E-state index >= 15 is 0 Å². The summed E-state index contributed by atoms with van der Waals surface area (Å²) in [4.78, 5) is 24.9. The molecule has 7 nitrogen and oxygen atoms in total. The first-order chi connectivity index (χ1) is 14.1. The van der Waals surface area contributed by atoms with Gasteiger partial charge in [0.05, 0.1) is 18.0 Å². The van der Waals surface area contributed by atoms with Gasteiger partial charge in [-0.2, -0.15) is 5.10 Å². The molecule has 1 aromatic carbocycles. The number of nitrogens with two attached hydrogens (primary N) is 1. The van der Waals surface area contributed by atoms with Crippen molar-refractivity contribution in [2.45, 2.75) is 45.1 Å². The number of para-hydroxylation sites is 2. The molecule has 1 aromatic heterocycles. The van der Waals surface area contributed by atoms with Crippen LogP contribution >= 0.6 is 0 Å². The number of rotatable bonds is 5. The molecule has 0 spiro atoms. The molecular formula is C22H28N4O3. The molecule has 0 aliphatic heterocycles. The Labute approximate surface area is 170 Å². The van der Waals surface area contributed by atoms with Gasteiger partial charge in [0.2, 0.25) is 5.91 Å². The van der Waals surface area contributed by atoms with Crippen LogP contribution in [0.15, 0.2) is 36.5 Å². The molecule has 2 atom stereocenters. The van der Waals surface area contributed by atoms with Crippen LogP contribution in [-0.2, 0) is 9.53 Å². The highest BCUT2D eigenvalue weighted by Gasteiger charge is 2.40. The second kappa shape index (κ2) is 8.37. The number of ether oxygens (including phenoxy) is 1. The standard InChI is InChI=1S/C22H28N4O3/c1-2-29-22(28)18-10-11-26(25-18)19-9-4-3-8-17(19)24-21(27)16-12-14-6-5-7-15(13-16)20(14)23/h3-4,8-11,14-16,20H,2,5-7,12-13,23H2,1H3,(H,24,27). The number of amides is 1. The second-order valence-electron chi connectivity index (χ2n) is 8.07. The second-order valence-corrected chi connectivity index (χ2v) is 8.07. The largest absolute Gasteiger partial charge is 0.461 e. The third-order valence-electron chi connectivity index (χ3n) is 6.27. The van der Waals surface area contributed by atoms with Gasteiger partial charge in [0.1, 0.15) is 0 Å². The molecule has 0 saturated heterocycles. The van der Waals surface area contributed by atoms with Crippen LogP contribution in [0.3, 0.4) is 0 Å². The van der Waals surface area contributed by atoms with E-state index in [-0.39, 0.29) is 23.6 Å². The summed E-state index contributed by atoms with van der Waals surface area (Å²) in [6.07, 6.45) is 6.90. The van der Waals surface area contributed by atoms with Crippen LogP contribution in [0.2, 0.25) is 0 Å². The Morgan fingerprint density at radius 2 is 1.93 bits per heavy atom. The Morgan fingerprint density at radius 1 is 1.21 bits per heavy atom. The zero-order valence-electron chi connectivity index (χ0n) is 16.7.